The van der Waals surface area contributed by atoms with Crippen LogP contribution in [0.2, 0.25) is 23.4 Å². The van der Waals surface area contributed by atoms with Crippen LogP contribution in [0.3, 0.4) is 0 Å². The molecule has 3 aromatic carbocycles. The van der Waals surface area contributed by atoms with E-state index >= 15 is 0 Å². The molecule has 1 N–H and O–H groups in total. The first-order valence-electron chi connectivity index (χ1n) is 15.6. The molecule has 228 valence electrons. The third kappa shape index (κ3) is 5.32. The number of aliphatic hydroxyl groups is 1. The van der Waals surface area contributed by atoms with Gasteiger partial charge in [-0.15, -0.1) is 0 Å². The number of rotatable bonds is 7. The Morgan fingerprint density at radius 1 is 0.841 bits per heavy atom. The zero-order valence-corrected chi connectivity index (χ0v) is 28.1. The number of hydrogen-bond donors (Lipinski definition) is 1. The van der Waals surface area contributed by atoms with Crippen LogP contribution in [0.25, 0.3) is 11.0 Å². The maximum absolute atomic E-state index is 12.4. The highest BCUT2D eigenvalue weighted by molar-refractivity contribution is 6.74. The number of hydrogen-bond acceptors (Lipinski definition) is 4. The number of halogens is 1. The zero-order chi connectivity index (χ0) is 31.2. The average molecular weight is 624 g/mol. The minimum atomic E-state index is -1.93. The molecule has 1 fully saturated rings. The Morgan fingerprint density at radius 3 is 1.77 bits per heavy atom. The third-order valence-corrected chi connectivity index (χ3v) is 14.7. The summed E-state index contributed by atoms with van der Waals surface area (Å²) in [6.07, 6.45) is 6.79. The first kappa shape index (κ1) is 30.7. The van der Waals surface area contributed by atoms with Gasteiger partial charge in [0.2, 0.25) is 5.28 Å². The fourth-order valence-electron chi connectivity index (χ4n) is 6.61. The van der Waals surface area contributed by atoms with Crippen molar-refractivity contribution in [1.29, 1.82) is 0 Å². The Kier molecular flexibility index (Phi) is 8.08. The fraction of sp³-hybridized carbons (Fsp3) is 0.351. The van der Waals surface area contributed by atoms with Crippen molar-refractivity contribution in [3.63, 3.8) is 0 Å². The molecular weight excluding hydrogens is 582 g/mol. The normalized spacial score (nSPS) is 19.8. The molecule has 2 aromatic heterocycles. The van der Waals surface area contributed by atoms with E-state index in [2.05, 4.69) is 122 Å². The van der Waals surface area contributed by atoms with Crippen LogP contribution in [0.15, 0.2) is 103 Å². The van der Waals surface area contributed by atoms with Crippen molar-refractivity contribution in [2.75, 3.05) is 0 Å². The molecule has 44 heavy (non-hydrogen) atoms. The summed E-state index contributed by atoms with van der Waals surface area (Å²) >= 11 is 6.46. The van der Waals surface area contributed by atoms with Crippen LogP contribution >= 0.6 is 11.6 Å². The number of fused-ring (bicyclic) bond motifs is 1. The molecule has 0 atom stereocenters. The lowest BCUT2D eigenvalue weighted by Gasteiger charge is -2.43. The number of aromatic nitrogens is 3. The molecule has 0 radical (unpaired) electrons. The molecule has 1 saturated carbocycles. The Morgan fingerprint density at radius 2 is 1.32 bits per heavy atom. The zero-order valence-electron chi connectivity index (χ0n) is 26.3. The van der Waals surface area contributed by atoms with Crippen molar-refractivity contribution in [2.45, 2.75) is 81.8 Å². The second-order valence-corrected chi connectivity index (χ2v) is 18.8. The molecule has 1 aliphatic carbocycles. The first-order valence-corrected chi connectivity index (χ1v) is 18.9. The second-order valence-electron chi connectivity index (χ2n) is 13.7. The highest BCUT2D eigenvalue weighted by atomic mass is 35.5. The minimum Gasteiger partial charge on any atom is -0.414 e. The summed E-state index contributed by atoms with van der Waals surface area (Å²) in [4.78, 5) is 9.23. The van der Waals surface area contributed by atoms with Gasteiger partial charge >= 0.3 is 0 Å². The molecule has 1 aliphatic rings. The van der Waals surface area contributed by atoms with E-state index in [0.717, 1.165) is 40.6 Å². The summed E-state index contributed by atoms with van der Waals surface area (Å²) in [6, 6.07) is 31.6. The monoisotopic (exact) mass is 623 g/mol. The van der Waals surface area contributed by atoms with Crippen LogP contribution < -0.4 is 0 Å². The second kappa shape index (κ2) is 11.6. The molecule has 5 aromatic rings. The van der Waals surface area contributed by atoms with Gasteiger partial charge in [-0.05, 0) is 72.1 Å². The minimum absolute atomic E-state index is 0.136. The van der Waals surface area contributed by atoms with E-state index in [1.807, 2.05) is 18.2 Å². The van der Waals surface area contributed by atoms with Crippen LogP contribution in [-0.4, -0.2) is 34.1 Å². The quantitative estimate of drug-likeness (QED) is 0.112. The van der Waals surface area contributed by atoms with E-state index in [1.54, 1.807) is 6.20 Å². The molecular formula is C37H42ClN3O2Si. The smallest absolute Gasteiger partial charge is 0.223 e. The van der Waals surface area contributed by atoms with Gasteiger partial charge in [0.1, 0.15) is 5.54 Å². The lowest BCUT2D eigenvalue weighted by Crippen LogP contribution is -2.46. The molecule has 0 aliphatic heterocycles. The fourth-order valence-corrected chi connectivity index (χ4v) is 8.17. The molecule has 0 amide bonds. The largest absolute Gasteiger partial charge is 0.414 e. The summed E-state index contributed by atoms with van der Waals surface area (Å²) in [6.45, 7) is 11.4. The van der Waals surface area contributed by atoms with Crippen molar-refractivity contribution >= 4 is 31.0 Å². The molecule has 0 saturated heterocycles. The number of benzene rings is 3. The summed E-state index contributed by atoms with van der Waals surface area (Å²) in [7, 11) is -1.93. The predicted molar refractivity (Wildman–Crippen MR) is 182 cm³/mol. The summed E-state index contributed by atoms with van der Waals surface area (Å²) in [5.41, 5.74) is 3.71. The predicted octanol–water partition coefficient (Wildman–Crippen LogP) is 9.08. The standard InChI is InChI=1S/C37H42ClN3O2Si/c1-35(2,3)44(4,5)43-30-21-23-36(42,24-22-30)31-26-41(32-25-39-34(38)40-33(31)32)37(27-15-9-6-10-16-27,28-17-11-7-12-18-28)29-19-13-8-14-20-29/h6-20,25-26,30,42H,21-24H2,1-5H3. The molecule has 7 heteroatoms. The van der Waals surface area contributed by atoms with Crippen LogP contribution in [0, 0.1) is 0 Å². The molecule has 0 spiro atoms. The van der Waals surface area contributed by atoms with Crippen molar-refractivity contribution in [1.82, 2.24) is 14.5 Å². The van der Waals surface area contributed by atoms with Crippen molar-refractivity contribution in [2.24, 2.45) is 0 Å². The summed E-state index contributed by atoms with van der Waals surface area (Å²) < 4.78 is 9.04. The topological polar surface area (TPSA) is 60.2 Å². The summed E-state index contributed by atoms with van der Waals surface area (Å²) in [5, 5.41) is 12.7. The maximum atomic E-state index is 12.4. The lowest BCUT2D eigenvalue weighted by molar-refractivity contribution is -0.0321. The molecule has 0 bridgehead atoms. The van der Waals surface area contributed by atoms with E-state index in [0.29, 0.717) is 18.4 Å². The van der Waals surface area contributed by atoms with Gasteiger partial charge in [0.15, 0.2) is 8.32 Å². The Hall–Kier alpha value is -3.29. The third-order valence-electron chi connectivity index (χ3n) is 9.98. The number of nitrogens with zero attached hydrogens (tertiary/aromatic N) is 3. The van der Waals surface area contributed by atoms with Crippen molar-refractivity contribution in [3.8, 4) is 0 Å². The Labute approximate surface area is 267 Å². The van der Waals surface area contributed by atoms with E-state index in [-0.39, 0.29) is 16.4 Å². The van der Waals surface area contributed by atoms with Crippen LogP contribution in [-0.2, 0) is 15.6 Å². The van der Waals surface area contributed by atoms with Gasteiger partial charge < -0.3 is 14.1 Å². The van der Waals surface area contributed by atoms with Gasteiger partial charge in [0.05, 0.1) is 22.8 Å². The van der Waals surface area contributed by atoms with Gasteiger partial charge in [-0.2, -0.15) is 0 Å². The van der Waals surface area contributed by atoms with E-state index in [9.17, 15) is 5.11 Å². The van der Waals surface area contributed by atoms with E-state index in [1.165, 1.54) is 0 Å². The molecule has 2 heterocycles. The Bertz CT molecular complexity index is 1630. The summed E-state index contributed by atoms with van der Waals surface area (Å²) in [5.74, 6) is 0. The van der Waals surface area contributed by atoms with Gasteiger partial charge in [-0.3, -0.25) is 0 Å². The Balaban J connectivity index is 1.54. The van der Waals surface area contributed by atoms with Crippen LogP contribution in [0.1, 0.15) is 68.7 Å². The molecule has 0 unspecified atom stereocenters. The highest BCUT2D eigenvalue weighted by Crippen LogP contribution is 2.48. The van der Waals surface area contributed by atoms with Crippen molar-refractivity contribution in [3.05, 3.63) is 131 Å². The molecule has 6 rings (SSSR count). The van der Waals surface area contributed by atoms with Gasteiger partial charge in [-0.1, -0.05) is 112 Å². The maximum Gasteiger partial charge on any atom is 0.223 e. The molecule has 5 nitrogen and oxygen atoms in total. The SMILES string of the molecule is CC(C)(C)[Si](C)(C)OC1CCC(O)(c2cn(C(c3ccccc3)(c3ccccc3)c3ccccc3)c3cnc(Cl)nc23)CC1. The lowest BCUT2D eigenvalue weighted by atomic mass is 9.76. The average Bonchev–Trinajstić information content (AvgIpc) is 3.39. The first-order chi connectivity index (χ1) is 21.0. The van der Waals surface area contributed by atoms with Crippen LogP contribution in [0.4, 0.5) is 0 Å². The van der Waals surface area contributed by atoms with E-state index < -0.39 is 19.5 Å². The van der Waals surface area contributed by atoms with Gasteiger partial charge in [0.25, 0.3) is 0 Å². The van der Waals surface area contributed by atoms with Gasteiger partial charge in [0, 0.05) is 17.9 Å². The van der Waals surface area contributed by atoms with Gasteiger partial charge in [-0.25, -0.2) is 9.97 Å². The van der Waals surface area contributed by atoms with Crippen molar-refractivity contribution < 1.29 is 9.53 Å². The highest BCUT2D eigenvalue weighted by Gasteiger charge is 2.45. The van der Waals surface area contributed by atoms with Crippen LogP contribution in [0.5, 0.6) is 0 Å². The van der Waals surface area contributed by atoms with E-state index in [4.69, 9.17) is 21.0 Å².